The van der Waals surface area contributed by atoms with Gasteiger partial charge >= 0.3 is 0 Å². The molecule has 1 atom stereocenters. The molecular formula is C30H33N5O7. The van der Waals surface area contributed by atoms with Crippen LogP contribution in [0.15, 0.2) is 51.8 Å². The fraction of sp³-hybridized carbons (Fsp3) is 0.400. The van der Waals surface area contributed by atoms with Crippen LogP contribution in [-0.2, 0) is 25.7 Å². The van der Waals surface area contributed by atoms with E-state index in [9.17, 15) is 28.8 Å². The molecule has 12 nitrogen and oxygen atoms in total. The molecule has 0 radical (unpaired) electrons. The van der Waals surface area contributed by atoms with Crippen LogP contribution in [0.25, 0.3) is 11.0 Å². The summed E-state index contributed by atoms with van der Waals surface area (Å²) in [7, 11) is 0. The molecule has 42 heavy (non-hydrogen) atoms. The Morgan fingerprint density at radius 1 is 1.07 bits per heavy atom. The largest absolute Gasteiger partial charge is 0.451 e. The summed E-state index contributed by atoms with van der Waals surface area (Å²) >= 11 is 0. The van der Waals surface area contributed by atoms with Crippen LogP contribution in [0.1, 0.15) is 55.1 Å². The number of nitrogens with zero attached hydrogens (tertiary/aromatic N) is 1. The van der Waals surface area contributed by atoms with E-state index in [1.54, 1.807) is 32.0 Å². The molecule has 4 amide bonds. The van der Waals surface area contributed by atoms with Crippen LogP contribution in [0.3, 0.4) is 0 Å². The van der Waals surface area contributed by atoms with Crippen molar-refractivity contribution in [3.8, 4) is 0 Å². The Hall–Kier alpha value is -4.74. The molecule has 0 spiro atoms. The number of pyridine rings is 1. The number of rotatable bonds is 12. The van der Waals surface area contributed by atoms with E-state index >= 15 is 0 Å². The second-order valence-corrected chi connectivity index (χ2v) is 11.1. The number of hydrogen-bond donors (Lipinski definition) is 4. The number of nitrogens with one attached hydrogen (secondary N) is 4. The lowest BCUT2D eigenvalue weighted by Crippen LogP contribution is -2.68. The molecule has 2 heterocycles. The zero-order valence-corrected chi connectivity index (χ0v) is 23.5. The lowest BCUT2D eigenvalue weighted by molar-refractivity contribution is -0.138. The predicted octanol–water partition coefficient (Wildman–Crippen LogP) is 1.79. The lowest BCUT2D eigenvalue weighted by Gasteiger charge is -2.61. The molecule has 12 heteroatoms. The second kappa shape index (κ2) is 11.6. The third kappa shape index (κ3) is 5.83. The molecule has 3 saturated carbocycles. The Morgan fingerprint density at radius 3 is 2.48 bits per heavy atom. The molecular weight excluding hydrogens is 542 g/mol. The van der Waals surface area contributed by atoms with Gasteiger partial charge in [-0.05, 0) is 63.6 Å². The highest BCUT2D eigenvalue weighted by molar-refractivity contribution is 6.36. The number of fused-ring (bicyclic) bond motifs is 1. The first kappa shape index (κ1) is 28.8. The van der Waals surface area contributed by atoms with Gasteiger partial charge in [-0.1, -0.05) is 18.2 Å². The first-order chi connectivity index (χ1) is 20.1. The number of likely N-dealkylation sites (N-methyl/N-ethyl adjacent to an activating group) is 1. The van der Waals surface area contributed by atoms with E-state index in [-0.39, 0.29) is 48.8 Å². The average molecular weight is 576 g/mol. The number of hydrogen-bond acceptors (Lipinski definition) is 7. The normalized spacial score (nSPS) is 19.1. The van der Waals surface area contributed by atoms with Gasteiger partial charge in [0.1, 0.15) is 23.9 Å². The molecule has 2 aromatic heterocycles. The number of carbonyl (C=O) groups excluding carboxylic acids is 5. The van der Waals surface area contributed by atoms with E-state index in [1.807, 2.05) is 6.07 Å². The van der Waals surface area contributed by atoms with Crippen LogP contribution in [0, 0.1) is 12.8 Å². The van der Waals surface area contributed by atoms with E-state index in [4.69, 9.17) is 4.42 Å². The van der Waals surface area contributed by atoms with Crippen molar-refractivity contribution in [3.05, 3.63) is 64.3 Å². The molecule has 2 bridgehead atoms. The highest BCUT2D eigenvalue weighted by Gasteiger charge is 2.57. The van der Waals surface area contributed by atoms with Crippen LogP contribution in [-0.4, -0.2) is 52.1 Å². The standard InChI is InChI=1S/C30H33N5O7/c1-3-31-27(39)22(36)11-10-20(32-28(40)25-17(2)19-7-4-5-9-23(19)42-25)26(38)33-21-8-6-12-35(29(21)41)16-24(37)34-30-13-18(14-30)15-30/h4-9,12,18,20H,3,10-11,13-16H2,1-2H3,(H,31,39)(H,32,40)(H,33,38)(H,34,37)/t18?,20-,30?/m0/s1. The summed E-state index contributed by atoms with van der Waals surface area (Å²) in [5.41, 5.74) is 0.233. The van der Waals surface area contributed by atoms with Gasteiger partial charge in [-0.3, -0.25) is 28.8 Å². The zero-order valence-electron chi connectivity index (χ0n) is 23.5. The maximum atomic E-state index is 13.4. The number of amides is 4. The Labute approximate surface area is 241 Å². The molecule has 3 aliphatic rings. The molecule has 1 aromatic carbocycles. The summed E-state index contributed by atoms with van der Waals surface area (Å²) in [4.78, 5) is 76.5. The Balaban J connectivity index is 1.31. The van der Waals surface area contributed by atoms with Crippen LogP contribution in [0.5, 0.6) is 0 Å². The van der Waals surface area contributed by atoms with Gasteiger partial charge in [0, 0.05) is 35.7 Å². The van der Waals surface area contributed by atoms with Gasteiger partial charge in [0.05, 0.1) is 0 Å². The monoisotopic (exact) mass is 575 g/mol. The van der Waals surface area contributed by atoms with Gasteiger partial charge in [0.2, 0.25) is 17.6 Å². The van der Waals surface area contributed by atoms with Crippen molar-refractivity contribution in [2.45, 2.75) is 64.1 Å². The number of aryl methyl sites for hydroxylation is 1. The van der Waals surface area contributed by atoms with Crippen LogP contribution < -0.4 is 26.8 Å². The minimum atomic E-state index is -1.29. The fourth-order valence-electron chi connectivity index (χ4n) is 5.63. The quantitative estimate of drug-likeness (QED) is 0.239. The number of ketones is 1. The number of Topliss-reactive ketones (excluding diaryl/α,β-unsaturated/α-hetero) is 1. The maximum absolute atomic E-state index is 13.4. The van der Waals surface area contributed by atoms with Crippen LogP contribution in [0.2, 0.25) is 0 Å². The van der Waals surface area contributed by atoms with Crippen molar-refractivity contribution in [2.24, 2.45) is 5.92 Å². The first-order valence-corrected chi connectivity index (χ1v) is 14.0. The van der Waals surface area contributed by atoms with Gasteiger partial charge < -0.3 is 30.3 Å². The third-order valence-corrected chi connectivity index (χ3v) is 7.96. The number of aromatic nitrogens is 1. The van der Waals surface area contributed by atoms with E-state index in [1.165, 1.54) is 22.9 Å². The van der Waals surface area contributed by atoms with Crippen LogP contribution in [0.4, 0.5) is 5.69 Å². The average Bonchev–Trinajstić information content (AvgIpc) is 3.26. The summed E-state index contributed by atoms with van der Waals surface area (Å²) < 4.78 is 6.91. The van der Waals surface area contributed by atoms with E-state index in [2.05, 4.69) is 21.3 Å². The molecule has 220 valence electrons. The van der Waals surface area contributed by atoms with E-state index in [0.29, 0.717) is 17.1 Å². The molecule has 3 aromatic rings. The van der Waals surface area contributed by atoms with Crippen molar-refractivity contribution in [1.29, 1.82) is 0 Å². The summed E-state index contributed by atoms with van der Waals surface area (Å²) in [5, 5.41) is 11.3. The minimum absolute atomic E-state index is 0.000783. The van der Waals surface area contributed by atoms with Crippen molar-refractivity contribution < 1.29 is 28.4 Å². The molecule has 6 rings (SSSR count). The van der Waals surface area contributed by atoms with Gasteiger partial charge in [0.25, 0.3) is 17.4 Å². The number of carbonyl (C=O) groups is 5. The topological polar surface area (TPSA) is 169 Å². The third-order valence-electron chi connectivity index (χ3n) is 7.96. The number of furan rings is 1. The molecule has 3 fully saturated rings. The summed E-state index contributed by atoms with van der Waals surface area (Å²) in [6.07, 6.45) is 3.81. The predicted molar refractivity (Wildman–Crippen MR) is 153 cm³/mol. The van der Waals surface area contributed by atoms with Gasteiger partial charge in [0.15, 0.2) is 5.76 Å². The molecule has 3 aliphatic carbocycles. The molecule has 0 aliphatic heterocycles. The second-order valence-electron chi connectivity index (χ2n) is 11.1. The highest BCUT2D eigenvalue weighted by Crippen LogP contribution is 2.56. The number of para-hydroxylation sites is 1. The maximum Gasteiger partial charge on any atom is 0.287 e. The van der Waals surface area contributed by atoms with Crippen molar-refractivity contribution in [1.82, 2.24) is 20.5 Å². The van der Waals surface area contributed by atoms with Crippen molar-refractivity contribution in [3.63, 3.8) is 0 Å². The zero-order chi connectivity index (χ0) is 30.0. The van der Waals surface area contributed by atoms with E-state index < -0.39 is 35.1 Å². The smallest absolute Gasteiger partial charge is 0.287 e. The lowest BCUT2D eigenvalue weighted by atomic mass is 9.50. The molecule has 4 N–H and O–H groups in total. The van der Waals surface area contributed by atoms with Crippen molar-refractivity contribution >= 4 is 46.1 Å². The van der Waals surface area contributed by atoms with Gasteiger partial charge in [-0.15, -0.1) is 0 Å². The van der Waals surface area contributed by atoms with Gasteiger partial charge in [-0.25, -0.2) is 0 Å². The van der Waals surface area contributed by atoms with Crippen LogP contribution >= 0.6 is 0 Å². The number of benzene rings is 1. The van der Waals surface area contributed by atoms with Crippen molar-refractivity contribution in [2.75, 3.05) is 11.9 Å². The highest BCUT2D eigenvalue weighted by atomic mass is 16.3. The summed E-state index contributed by atoms with van der Waals surface area (Å²) in [6.45, 7) is 3.44. The Kier molecular flexibility index (Phi) is 7.97. The minimum Gasteiger partial charge on any atom is -0.451 e. The molecule has 0 saturated heterocycles. The summed E-state index contributed by atoms with van der Waals surface area (Å²) in [6, 6.07) is 8.71. The summed E-state index contributed by atoms with van der Waals surface area (Å²) in [5.74, 6) is -2.60. The SMILES string of the molecule is CCNC(=O)C(=O)CC[C@H](NC(=O)c1oc2ccccc2c1C)C(=O)Nc1cccn(CC(=O)NC23CC(C2)C3)c1=O. The van der Waals surface area contributed by atoms with Gasteiger partial charge in [-0.2, -0.15) is 0 Å². The Morgan fingerprint density at radius 2 is 1.81 bits per heavy atom. The fourth-order valence-corrected chi connectivity index (χ4v) is 5.63. The Bertz CT molecular complexity index is 1620. The first-order valence-electron chi connectivity index (χ1n) is 14.0. The van der Waals surface area contributed by atoms with E-state index in [0.717, 1.165) is 24.6 Å². The molecule has 0 unspecified atom stereocenters. The number of anilines is 1.